The van der Waals surface area contributed by atoms with Gasteiger partial charge in [-0.3, -0.25) is 14.4 Å². The molecule has 4 bridgehead atoms. The summed E-state index contributed by atoms with van der Waals surface area (Å²) in [7, 11) is 0. The average Bonchev–Trinajstić information content (AvgIpc) is 2.97. The van der Waals surface area contributed by atoms with Gasteiger partial charge in [-0.15, -0.1) is 11.3 Å². The monoisotopic (exact) mass is 376 g/mol. The Morgan fingerprint density at radius 3 is 2.35 bits per heavy atom. The largest absolute Gasteiger partial charge is 0.369 e. The maximum atomic E-state index is 12.8. The van der Waals surface area contributed by atoms with Gasteiger partial charge in [0.25, 0.3) is 0 Å². The van der Waals surface area contributed by atoms with Gasteiger partial charge in [-0.25, -0.2) is 4.98 Å². The first kappa shape index (κ1) is 17.5. The molecule has 0 atom stereocenters. The number of thiazole rings is 1. The van der Waals surface area contributed by atoms with Gasteiger partial charge in [-0.2, -0.15) is 0 Å². The molecule has 0 saturated heterocycles. The van der Waals surface area contributed by atoms with Gasteiger partial charge in [0.1, 0.15) is 0 Å². The van der Waals surface area contributed by atoms with E-state index in [-0.39, 0.29) is 30.2 Å². The van der Waals surface area contributed by atoms with Gasteiger partial charge >= 0.3 is 0 Å². The first-order valence-electron chi connectivity index (χ1n) is 9.23. The van der Waals surface area contributed by atoms with Crippen LogP contribution in [0.3, 0.4) is 0 Å². The number of rotatable bonds is 6. The van der Waals surface area contributed by atoms with E-state index in [1.165, 1.54) is 30.6 Å². The van der Waals surface area contributed by atoms with Crippen LogP contribution < -0.4 is 16.4 Å². The SMILES string of the molecule is NC(=O)Cc1csc(NC(=O)CNC(=O)C23CC4CC(CC(C4)C2)C3)n1. The Bertz CT molecular complexity index is 709. The maximum absolute atomic E-state index is 12.8. The molecule has 1 aromatic heterocycles. The average molecular weight is 376 g/mol. The molecule has 4 aliphatic carbocycles. The quantitative estimate of drug-likeness (QED) is 0.697. The van der Waals surface area contributed by atoms with Crippen molar-refractivity contribution in [2.45, 2.75) is 44.9 Å². The van der Waals surface area contributed by atoms with Crippen molar-refractivity contribution in [3.8, 4) is 0 Å². The fourth-order valence-electron chi connectivity index (χ4n) is 5.52. The number of nitrogens with zero attached hydrogens (tertiary/aromatic N) is 1. The molecule has 4 N–H and O–H groups in total. The van der Waals surface area contributed by atoms with Crippen molar-refractivity contribution in [2.75, 3.05) is 11.9 Å². The van der Waals surface area contributed by atoms with Crippen LogP contribution in [0.2, 0.25) is 0 Å². The Balaban J connectivity index is 1.30. The van der Waals surface area contributed by atoms with E-state index in [4.69, 9.17) is 5.73 Å². The van der Waals surface area contributed by atoms with Crippen LogP contribution in [-0.2, 0) is 20.8 Å². The van der Waals surface area contributed by atoms with E-state index in [1.54, 1.807) is 5.38 Å². The molecule has 0 unspecified atom stereocenters. The number of primary amides is 1. The molecular weight excluding hydrogens is 352 g/mol. The minimum Gasteiger partial charge on any atom is -0.369 e. The number of aromatic nitrogens is 1. The number of nitrogens with one attached hydrogen (secondary N) is 2. The van der Waals surface area contributed by atoms with Gasteiger partial charge in [0.15, 0.2) is 5.13 Å². The summed E-state index contributed by atoms with van der Waals surface area (Å²) in [6.45, 7) is -0.0503. The Labute approximate surface area is 156 Å². The number of hydrogen-bond donors (Lipinski definition) is 3. The minimum atomic E-state index is -0.462. The lowest BCUT2D eigenvalue weighted by atomic mass is 9.49. The van der Waals surface area contributed by atoms with E-state index < -0.39 is 5.91 Å². The second-order valence-electron chi connectivity index (χ2n) is 8.22. The van der Waals surface area contributed by atoms with Crippen molar-refractivity contribution in [1.82, 2.24) is 10.3 Å². The third-order valence-corrected chi connectivity index (χ3v) is 6.89. The highest BCUT2D eigenvalue weighted by Crippen LogP contribution is 2.60. The molecule has 8 heteroatoms. The van der Waals surface area contributed by atoms with Gasteiger partial charge < -0.3 is 16.4 Å². The summed E-state index contributed by atoms with van der Waals surface area (Å²) < 4.78 is 0. The Morgan fingerprint density at radius 2 is 1.77 bits per heavy atom. The number of hydrogen-bond acceptors (Lipinski definition) is 5. The molecule has 4 fully saturated rings. The van der Waals surface area contributed by atoms with Crippen LogP contribution >= 0.6 is 11.3 Å². The van der Waals surface area contributed by atoms with Crippen LogP contribution in [0.25, 0.3) is 0 Å². The van der Waals surface area contributed by atoms with Gasteiger partial charge in [0.05, 0.1) is 18.7 Å². The third-order valence-electron chi connectivity index (χ3n) is 6.08. The molecule has 0 aromatic carbocycles. The highest BCUT2D eigenvalue weighted by Gasteiger charge is 2.54. The molecule has 1 aromatic rings. The second-order valence-corrected chi connectivity index (χ2v) is 9.07. The number of carbonyl (C=O) groups excluding carboxylic acids is 3. The van der Waals surface area contributed by atoms with E-state index in [1.807, 2.05) is 0 Å². The maximum Gasteiger partial charge on any atom is 0.245 e. The van der Waals surface area contributed by atoms with Crippen LogP contribution in [0, 0.1) is 23.2 Å². The zero-order valence-electron chi connectivity index (χ0n) is 14.6. The van der Waals surface area contributed by atoms with Gasteiger partial charge in [0.2, 0.25) is 17.7 Å². The fraction of sp³-hybridized carbons (Fsp3) is 0.667. The smallest absolute Gasteiger partial charge is 0.245 e. The highest BCUT2D eigenvalue weighted by molar-refractivity contribution is 7.13. The molecule has 0 radical (unpaired) electrons. The number of nitrogens with two attached hydrogens (primary N) is 1. The molecule has 5 rings (SSSR count). The molecule has 0 spiro atoms. The topological polar surface area (TPSA) is 114 Å². The summed E-state index contributed by atoms with van der Waals surface area (Å²) in [5.41, 5.74) is 5.42. The number of carbonyl (C=O) groups is 3. The molecule has 0 aliphatic heterocycles. The first-order valence-corrected chi connectivity index (χ1v) is 10.1. The second kappa shape index (κ2) is 6.64. The lowest BCUT2D eigenvalue weighted by Gasteiger charge is -2.55. The van der Waals surface area contributed by atoms with Gasteiger partial charge in [-0.1, -0.05) is 0 Å². The van der Waals surface area contributed by atoms with Crippen LogP contribution in [0.1, 0.15) is 44.2 Å². The van der Waals surface area contributed by atoms with Crippen molar-refractivity contribution in [3.63, 3.8) is 0 Å². The summed E-state index contributed by atoms with van der Waals surface area (Å²) in [5, 5.41) is 7.62. The molecule has 4 aliphatic rings. The predicted octanol–water partition coefficient (Wildman–Crippen LogP) is 1.44. The molecule has 140 valence electrons. The lowest BCUT2D eigenvalue weighted by molar-refractivity contribution is -0.146. The van der Waals surface area contributed by atoms with Crippen molar-refractivity contribution < 1.29 is 14.4 Å². The van der Waals surface area contributed by atoms with Crippen LogP contribution in [-0.4, -0.2) is 29.3 Å². The standard InChI is InChI=1S/C18H24N4O3S/c19-14(23)4-13-9-26-17(21-13)22-15(24)8-20-16(25)18-5-10-1-11(6-18)3-12(2-10)7-18/h9-12H,1-8H2,(H2,19,23)(H,20,25)(H,21,22,24). The van der Waals surface area contributed by atoms with Crippen LogP contribution in [0.15, 0.2) is 5.38 Å². The van der Waals surface area contributed by atoms with E-state index >= 15 is 0 Å². The van der Waals surface area contributed by atoms with Crippen molar-refractivity contribution >= 4 is 34.2 Å². The third kappa shape index (κ3) is 3.47. The normalized spacial score (nSPS) is 31.6. The van der Waals surface area contributed by atoms with Gasteiger partial charge in [0, 0.05) is 10.8 Å². The summed E-state index contributed by atoms with van der Waals surface area (Å²) in [4.78, 5) is 40.0. The van der Waals surface area contributed by atoms with Crippen molar-refractivity contribution in [1.29, 1.82) is 0 Å². The lowest BCUT2D eigenvalue weighted by Crippen LogP contribution is -2.54. The molecule has 1 heterocycles. The van der Waals surface area contributed by atoms with E-state index in [9.17, 15) is 14.4 Å². The van der Waals surface area contributed by atoms with Gasteiger partial charge in [-0.05, 0) is 56.3 Å². The van der Waals surface area contributed by atoms with Crippen LogP contribution in [0.5, 0.6) is 0 Å². The van der Waals surface area contributed by atoms with E-state index in [0.29, 0.717) is 28.6 Å². The van der Waals surface area contributed by atoms with Crippen molar-refractivity contribution in [3.05, 3.63) is 11.1 Å². The predicted molar refractivity (Wildman–Crippen MR) is 97.3 cm³/mol. The highest BCUT2D eigenvalue weighted by atomic mass is 32.1. The Morgan fingerprint density at radius 1 is 1.15 bits per heavy atom. The molecule has 4 saturated carbocycles. The van der Waals surface area contributed by atoms with E-state index in [0.717, 1.165) is 19.3 Å². The molecule has 7 nitrogen and oxygen atoms in total. The number of amides is 3. The van der Waals surface area contributed by atoms with Crippen LogP contribution in [0.4, 0.5) is 5.13 Å². The van der Waals surface area contributed by atoms with E-state index in [2.05, 4.69) is 15.6 Å². The summed E-state index contributed by atoms with van der Waals surface area (Å²) in [5.74, 6) is 1.36. The Hall–Kier alpha value is -1.96. The summed E-state index contributed by atoms with van der Waals surface area (Å²) >= 11 is 1.24. The molecular formula is C18H24N4O3S. The summed E-state index contributed by atoms with van der Waals surface area (Å²) in [6.07, 6.45) is 6.84. The summed E-state index contributed by atoms with van der Waals surface area (Å²) in [6, 6.07) is 0. The zero-order chi connectivity index (χ0) is 18.3. The molecule has 26 heavy (non-hydrogen) atoms. The molecule has 3 amide bonds. The zero-order valence-corrected chi connectivity index (χ0v) is 15.4. The minimum absolute atomic E-state index is 0.0420. The number of anilines is 1. The Kier molecular flexibility index (Phi) is 4.46. The first-order chi connectivity index (χ1) is 12.4. The fourth-order valence-corrected chi connectivity index (χ4v) is 6.25. The van der Waals surface area contributed by atoms with Crippen molar-refractivity contribution in [2.24, 2.45) is 28.9 Å².